The van der Waals surface area contributed by atoms with E-state index in [1.54, 1.807) is 19.9 Å². The summed E-state index contributed by atoms with van der Waals surface area (Å²) in [6.07, 6.45) is -5.11. The summed E-state index contributed by atoms with van der Waals surface area (Å²) in [5.41, 5.74) is -1.36. The molecule has 1 atom stereocenters. The Morgan fingerprint density at radius 1 is 1.36 bits per heavy atom. The molecular weight excluding hydrogens is 299 g/mol. The number of hydrogen-bond acceptors (Lipinski definition) is 4. The van der Waals surface area contributed by atoms with E-state index < -0.39 is 30.7 Å². The molecule has 1 aliphatic rings. The van der Waals surface area contributed by atoms with Gasteiger partial charge in [0.25, 0.3) is 0 Å². The van der Waals surface area contributed by atoms with Crippen LogP contribution in [0.5, 0.6) is 0 Å². The van der Waals surface area contributed by atoms with Crippen LogP contribution in [0.25, 0.3) is 0 Å². The highest BCUT2D eigenvalue weighted by atomic mass is 19.4. The second-order valence-electron chi connectivity index (χ2n) is 5.93. The number of benzene rings is 1. The number of hydrogen-bond donors (Lipinski definition) is 2. The SMILES string of the molecule is CC(C)CC(O)(CNc1ccc2c(c1)COC2=O)C(F)(F)F. The zero-order valence-corrected chi connectivity index (χ0v) is 12.3. The van der Waals surface area contributed by atoms with Gasteiger partial charge >= 0.3 is 12.1 Å². The smallest absolute Gasteiger partial charge is 0.418 e. The van der Waals surface area contributed by atoms with E-state index in [-0.39, 0.29) is 12.5 Å². The Morgan fingerprint density at radius 3 is 2.64 bits per heavy atom. The first-order chi connectivity index (χ1) is 10.1. The second kappa shape index (κ2) is 5.79. The Labute approximate surface area is 126 Å². The maximum Gasteiger partial charge on any atom is 0.418 e. The number of carbonyl (C=O) groups is 1. The average molecular weight is 317 g/mol. The van der Waals surface area contributed by atoms with Gasteiger partial charge in [-0.1, -0.05) is 13.8 Å². The number of aliphatic hydroxyl groups is 1. The van der Waals surface area contributed by atoms with Gasteiger partial charge in [0.2, 0.25) is 0 Å². The van der Waals surface area contributed by atoms with Gasteiger partial charge in [0.05, 0.1) is 12.1 Å². The van der Waals surface area contributed by atoms with Gasteiger partial charge in [0, 0.05) is 11.3 Å². The number of cyclic esters (lactones) is 1. The van der Waals surface area contributed by atoms with Crippen LogP contribution in [0.4, 0.5) is 18.9 Å². The highest BCUT2D eigenvalue weighted by Gasteiger charge is 2.53. The molecule has 4 nitrogen and oxygen atoms in total. The molecule has 0 saturated carbocycles. The maximum atomic E-state index is 13.1. The number of fused-ring (bicyclic) bond motifs is 1. The zero-order valence-electron chi connectivity index (χ0n) is 12.3. The molecule has 1 unspecified atom stereocenters. The van der Waals surface area contributed by atoms with Crippen LogP contribution < -0.4 is 5.32 Å². The van der Waals surface area contributed by atoms with Crippen molar-refractivity contribution in [3.8, 4) is 0 Å². The van der Waals surface area contributed by atoms with Crippen LogP contribution in [0.1, 0.15) is 36.2 Å². The molecule has 0 amide bonds. The minimum Gasteiger partial charge on any atom is -0.457 e. The van der Waals surface area contributed by atoms with Gasteiger partial charge < -0.3 is 15.2 Å². The minimum atomic E-state index is -4.72. The van der Waals surface area contributed by atoms with Gasteiger partial charge in [-0.15, -0.1) is 0 Å². The number of ether oxygens (including phenoxy) is 1. The summed E-state index contributed by atoms with van der Waals surface area (Å²) in [7, 11) is 0. The number of nitrogens with one attached hydrogen (secondary N) is 1. The monoisotopic (exact) mass is 317 g/mol. The highest BCUT2D eigenvalue weighted by Crippen LogP contribution is 2.36. The van der Waals surface area contributed by atoms with Crippen molar-refractivity contribution in [2.24, 2.45) is 5.92 Å². The van der Waals surface area contributed by atoms with Crippen molar-refractivity contribution in [3.05, 3.63) is 29.3 Å². The summed E-state index contributed by atoms with van der Waals surface area (Å²) in [5.74, 6) is -0.743. The summed E-state index contributed by atoms with van der Waals surface area (Å²) < 4.78 is 44.1. The van der Waals surface area contributed by atoms with E-state index in [1.807, 2.05) is 0 Å². The predicted molar refractivity (Wildman–Crippen MR) is 74.5 cm³/mol. The van der Waals surface area contributed by atoms with E-state index in [0.717, 1.165) is 0 Å². The lowest BCUT2D eigenvalue weighted by Gasteiger charge is -2.32. The molecule has 7 heteroatoms. The lowest BCUT2D eigenvalue weighted by atomic mass is 9.91. The number of alkyl halides is 3. The first-order valence-electron chi connectivity index (χ1n) is 6.95. The third-order valence-electron chi connectivity index (χ3n) is 3.54. The summed E-state index contributed by atoms with van der Waals surface area (Å²) >= 11 is 0. The number of anilines is 1. The summed E-state index contributed by atoms with van der Waals surface area (Å²) in [6.45, 7) is 2.70. The van der Waals surface area contributed by atoms with E-state index in [2.05, 4.69) is 5.32 Å². The van der Waals surface area contributed by atoms with Gasteiger partial charge in [-0.05, 0) is 30.5 Å². The fraction of sp³-hybridized carbons (Fsp3) is 0.533. The molecule has 1 heterocycles. The first kappa shape index (κ1) is 16.6. The number of halogens is 3. The zero-order chi connectivity index (χ0) is 16.5. The topological polar surface area (TPSA) is 58.6 Å². The summed E-state index contributed by atoms with van der Waals surface area (Å²) in [6, 6.07) is 4.56. The van der Waals surface area contributed by atoms with Crippen molar-refractivity contribution in [1.82, 2.24) is 0 Å². The summed E-state index contributed by atoms with van der Waals surface area (Å²) in [5, 5.41) is 12.6. The third kappa shape index (κ3) is 3.35. The number of esters is 1. The molecule has 0 fully saturated rings. The number of rotatable bonds is 5. The Bertz CT molecular complexity index is 572. The Hall–Kier alpha value is -1.76. The molecule has 0 aromatic heterocycles. The lowest BCUT2D eigenvalue weighted by molar-refractivity contribution is -0.259. The largest absolute Gasteiger partial charge is 0.457 e. The van der Waals surface area contributed by atoms with Gasteiger partial charge in [0.15, 0.2) is 5.60 Å². The lowest BCUT2D eigenvalue weighted by Crippen LogP contribution is -2.51. The van der Waals surface area contributed by atoms with Crippen molar-refractivity contribution in [1.29, 1.82) is 0 Å². The molecule has 1 aliphatic heterocycles. The molecule has 2 rings (SSSR count). The van der Waals surface area contributed by atoms with E-state index in [4.69, 9.17) is 4.74 Å². The van der Waals surface area contributed by atoms with Gasteiger partial charge in [0.1, 0.15) is 6.61 Å². The Kier molecular flexibility index (Phi) is 4.37. The van der Waals surface area contributed by atoms with Crippen LogP contribution in [-0.2, 0) is 11.3 Å². The van der Waals surface area contributed by atoms with Crippen LogP contribution in [0.2, 0.25) is 0 Å². The van der Waals surface area contributed by atoms with E-state index in [9.17, 15) is 23.1 Å². The predicted octanol–water partition coefficient (Wildman–Crippen LogP) is 3.11. The standard InChI is InChI=1S/C15H18F3NO3/c1-9(2)6-14(21,15(16,17)18)8-19-11-3-4-12-10(5-11)7-22-13(12)20/h3-5,9,19,21H,6-8H2,1-2H3. The van der Waals surface area contributed by atoms with Crippen molar-refractivity contribution in [2.75, 3.05) is 11.9 Å². The van der Waals surface area contributed by atoms with Crippen LogP contribution in [-0.4, -0.2) is 29.4 Å². The molecule has 1 aromatic rings. The minimum absolute atomic E-state index is 0.110. The Morgan fingerprint density at radius 2 is 2.05 bits per heavy atom. The fourth-order valence-electron chi connectivity index (χ4n) is 2.46. The maximum absolute atomic E-state index is 13.1. The fourth-order valence-corrected chi connectivity index (χ4v) is 2.46. The molecule has 0 bridgehead atoms. The molecule has 0 radical (unpaired) electrons. The highest BCUT2D eigenvalue weighted by molar-refractivity contribution is 5.93. The first-order valence-corrected chi connectivity index (χ1v) is 6.95. The third-order valence-corrected chi connectivity index (χ3v) is 3.54. The van der Waals surface area contributed by atoms with Gasteiger partial charge in [-0.3, -0.25) is 0 Å². The van der Waals surface area contributed by atoms with Crippen LogP contribution in [0.15, 0.2) is 18.2 Å². The molecule has 0 spiro atoms. The van der Waals surface area contributed by atoms with E-state index in [0.29, 0.717) is 16.8 Å². The van der Waals surface area contributed by atoms with E-state index >= 15 is 0 Å². The number of carbonyl (C=O) groups excluding carboxylic acids is 1. The van der Waals surface area contributed by atoms with Crippen molar-refractivity contribution >= 4 is 11.7 Å². The summed E-state index contributed by atoms with van der Waals surface area (Å²) in [4.78, 5) is 11.3. The molecule has 122 valence electrons. The normalized spacial score (nSPS) is 17.1. The second-order valence-corrected chi connectivity index (χ2v) is 5.93. The van der Waals surface area contributed by atoms with Gasteiger partial charge in [-0.25, -0.2) is 4.79 Å². The average Bonchev–Trinajstić information content (AvgIpc) is 2.76. The van der Waals surface area contributed by atoms with Crippen molar-refractivity contribution in [2.45, 2.75) is 38.7 Å². The molecule has 22 heavy (non-hydrogen) atoms. The molecule has 0 saturated heterocycles. The van der Waals surface area contributed by atoms with Crippen LogP contribution in [0.3, 0.4) is 0 Å². The molecule has 1 aromatic carbocycles. The quantitative estimate of drug-likeness (QED) is 0.819. The molecule has 0 aliphatic carbocycles. The van der Waals surface area contributed by atoms with E-state index in [1.165, 1.54) is 12.1 Å². The molecule has 2 N–H and O–H groups in total. The van der Waals surface area contributed by atoms with Crippen LogP contribution in [0, 0.1) is 5.92 Å². The molecular formula is C15H18F3NO3. The van der Waals surface area contributed by atoms with Crippen molar-refractivity contribution in [3.63, 3.8) is 0 Å². The van der Waals surface area contributed by atoms with Crippen molar-refractivity contribution < 1.29 is 27.8 Å². The van der Waals surface area contributed by atoms with Crippen LogP contribution >= 0.6 is 0 Å². The van der Waals surface area contributed by atoms with Gasteiger partial charge in [-0.2, -0.15) is 13.2 Å². The Balaban J connectivity index is 2.12.